The fraction of sp³-hybridized carbons (Fsp3) is 0.471. The Balaban J connectivity index is 0.00000242. The number of aromatic nitrogens is 1. The number of hydrogen-bond acceptors (Lipinski definition) is 1. The Morgan fingerprint density at radius 3 is 2.36 bits per heavy atom. The first-order chi connectivity index (χ1) is 10.0. The molecule has 0 aliphatic rings. The Kier molecular flexibility index (Phi) is 7.19. The third-order valence-corrected chi connectivity index (χ3v) is 3.70. The van der Waals surface area contributed by atoms with E-state index < -0.39 is 0 Å². The number of nitrogens with one attached hydrogen (secondary N) is 1. The van der Waals surface area contributed by atoms with Crippen LogP contribution in [0.2, 0.25) is 0 Å². The van der Waals surface area contributed by atoms with E-state index in [0.717, 1.165) is 25.3 Å². The summed E-state index contributed by atoms with van der Waals surface area (Å²) < 4.78 is 0. The molecule has 0 saturated heterocycles. The molecule has 1 aromatic carbocycles. The number of halogens is 1. The molecule has 1 aromatic heterocycles. The normalized spacial score (nSPS) is 10.2. The van der Waals surface area contributed by atoms with Gasteiger partial charge < -0.3 is 14.8 Å². The van der Waals surface area contributed by atoms with Gasteiger partial charge in [-0.25, -0.2) is 0 Å². The number of aliphatic imine (C=N–C) groups is 1. The van der Waals surface area contributed by atoms with Crippen molar-refractivity contribution in [3.8, 4) is 0 Å². The minimum atomic E-state index is 0. The van der Waals surface area contributed by atoms with E-state index in [-0.39, 0.29) is 24.0 Å². The number of para-hydroxylation sites is 1. The van der Waals surface area contributed by atoms with Crippen molar-refractivity contribution in [2.75, 3.05) is 34.7 Å². The van der Waals surface area contributed by atoms with Crippen molar-refractivity contribution in [1.29, 1.82) is 0 Å². The first-order valence-electron chi connectivity index (χ1n) is 7.51. The van der Waals surface area contributed by atoms with Crippen molar-refractivity contribution < 1.29 is 0 Å². The number of aromatic amines is 1. The van der Waals surface area contributed by atoms with Gasteiger partial charge in [0.15, 0.2) is 5.96 Å². The fourth-order valence-corrected chi connectivity index (χ4v) is 2.74. The number of aryl methyl sites for hydroxylation is 1. The van der Waals surface area contributed by atoms with E-state index >= 15 is 0 Å². The number of guanidine groups is 1. The highest BCUT2D eigenvalue weighted by atomic mass is 127. The minimum Gasteiger partial charge on any atom is -0.361 e. The van der Waals surface area contributed by atoms with Crippen molar-refractivity contribution >= 4 is 40.8 Å². The Morgan fingerprint density at radius 1 is 1.09 bits per heavy atom. The molecule has 22 heavy (non-hydrogen) atoms. The highest BCUT2D eigenvalue weighted by molar-refractivity contribution is 14.0. The van der Waals surface area contributed by atoms with E-state index in [1.807, 2.05) is 38.0 Å². The molecule has 0 saturated carbocycles. The summed E-state index contributed by atoms with van der Waals surface area (Å²) >= 11 is 0. The van der Waals surface area contributed by atoms with E-state index in [4.69, 9.17) is 4.99 Å². The monoisotopic (exact) mass is 414 g/mol. The molecule has 0 radical (unpaired) electrons. The number of rotatable bonds is 4. The molecule has 2 aromatic rings. The molecule has 0 aliphatic heterocycles. The van der Waals surface area contributed by atoms with Crippen LogP contribution in [0.25, 0.3) is 10.9 Å². The maximum atomic E-state index is 4.70. The van der Waals surface area contributed by atoms with E-state index in [1.54, 1.807) is 0 Å². The fourth-order valence-electron chi connectivity index (χ4n) is 2.74. The Bertz CT molecular complexity index is 619. The molecule has 0 bridgehead atoms. The predicted molar refractivity (Wildman–Crippen MR) is 106 cm³/mol. The summed E-state index contributed by atoms with van der Waals surface area (Å²) in [5.74, 6) is 1.00. The number of nitrogens with zero attached hydrogens (tertiary/aromatic N) is 3. The van der Waals surface area contributed by atoms with Gasteiger partial charge in [0.25, 0.3) is 0 Å². The van der Waals surface area contributed by atoms with Crippen LogP contribution in [0.1, 0.15) is 18.1 Å². The maximum absolute atomic E-state index is 4.70. The molecule has 1 N–H and O–H groups in total. The number of H-pyrrole nitrogens is 1. The van der Waals surface area contributed by atoms with Crippen LogP contribution in [0.15, 0.2) is 29.4 Å². The van der Waals surface area contributed by atoms with Crippen LogP contribution in [0.4, 0.5) is 0 Å². The second-order valence-corrected chi connectivity index (χ2v) is 5.73. The maximum Gasteiger partial charge on any atom is 0.195 e. The molecule has 4 nitrogen and oxygen atoms in total. The van der Waals surface area contributed by atoms with Gasteiger partial charge in [0.2, 0.25) is 0 Å². The topological polar surface area (TPSA) is 34.6 Å². The molecule has 2 rings (SSSR count). The van der Waals surface area contributed by atoms with Crippen LogP contribution in [-0.4, -0.2) is 55.5 Å². The predicted octanol–water partition coefficient (Wildman–Crippen LogP) is 3.37. The van der Waals surface area contributed by atoms with E-state index in [2.05, 4.69) is 36.3 Å². The molecular formula is C17H27IN4. The van der Waals surface area contributed by atoms with Crippen molar-refractivity contribution in [3.63, 3.8) is 0 Å². The quantitative estimate of drug-likeness (QED) is 0.473. The van der Waals surface area contributed by atoms with E-state index in [0.29, 0.717) is 0 Å². The lowest BCUT2D eigenvalue weighted by atomic mass is 10.1. The first kappa shape index (κ1) is 18.8. The van der Waals surface area contributed by atoms with Crippen molar-refractivity contribution in [3.05, 3.63) is 35.5 Å². The third kappa shape index (κ3) is 4.15. The zero-order chi connectivity index (χ0) is 15.4. The third-order valence-electron chi connectivity index (χ3n) is 3.70. The zero-order valence-corrected chi connectivity index (χ0v) is 16.5. The highest BCUT2D eigenvalue weighted by Crippen LogP contribution is 2.22. The molecule has 0 aliphatic carbocycles. The lowest BCUT2D eigenvalue weighted by Crippen LogP contribution is -2.35. The van der Waals surface area contributed by atoms with Crippen LogP contribution in [0.5, 0.6) is 0 Å². The van der Waals surface area contributed by atoms with Crippen LogP contribution >= 0.6 is 24.0 Å². The molecule has 1 heterocycles. The summed E-state index contributed by atoms with van der Waals surface area (Å²) in [6, 6.07) is 6.53. The van der Waals surface area contributed by atoms with Gasteiger partial charge in [-0.3, -0.25) is 4.99 Å². The minimum absolute atomic E-state index is 0. The summed E-state index contributed by atoms with van der Waals surface area (Å²) in [5.41, 5.74) is 4.00. The van der Waals surface area contributed by atoms with Gasteiger partial charge in [-0.1, -0.05) is 25.1 Å². The summed E-state index contributed by atoms with van der Waals surface area (Å²) in [4.78, 5) is 12.2. The van der Waals surface area contributed by atoms with Crippen molar-refractivity contribution in [2.45, 2.75) is 19.8 Å². The average molecular weight is 414 g/mol. The van der Waals surface area contributed by atoms with E-state index in [9.17, 15) is 0 Å². The molecule has 0 amide bonds. The SMILES string of the molecule is CCc1cccc2c(CCN=C(N(C)C)N(C)C)c[nH]c12.I. The number of benzene rings is 1. The molecular weight excluding hydrogens is 387 g/mol. The molecule has 0 unspecified atom stereocenters. The summed E-state index contributed by atoms with van der Waals surface area (Å²) in [6.45, 7) is 3.00. The summed E-state index contributed by atoms with van der Waals surface area (Å²) in [5, 5.41) is 1.33. The lowest BCUT2D eigenvalue weighted by Gasteiger charge is -2.22. The second-order valence-electron chi connectivity index (χ2n) is 5.73. The van der Waals surface area contributed by atoms with Gasteiger partial charge in [0, 0.05) is 51.8 Å². The Labute approximate surface area is 150 Å². The van der Waals surface area contributed by atoms with Crippen molar-refractivity contribution in [2.24, 2.45) is 4.99 Å². The summed E-state index contributed by atoms with van der Waals surface area (Å²) in [6.07, 6.45) is 4.14. The standard InChI is InChI=1S/C17H26N4.HI/c1-6-13-8-7-9-15-14(12-19-16(13)15)10-11-18-17(20(2)3)21(4)5;/h7-9,12,19H,6,10-11H2,1-5H3;1H. The van der Waals surface area contributed by atoms with Crippen LogP contribution in [-0.2, 0) is 12.8 Å². The Hall–Kier alpha value is -1.24. The highest BCUT2D eigenvalue weighted by Gasteiger charge is 2.07. The zero-order valence-electron chi connectivity index (χ0n) is 14.2. The first-order valence-corrected chi connectivity index (χ1v) is 7.51. The van der Waals surface area contributed by atoms with Crippen LogP contribution < -0.4 is 0 Å². The van der Waals surface area contributed by atoms with Gasteiger partial charge in [-0.2, -0.15) is 0 Å². The van der Waals surface area contributed by atoms with Gasteiger partial charge >= 0.3 is 0 Å². The van der Waals surface area contributed by atoms with Gasteiger partial charge in [0.1, 0.15) is 0 Å². The largest absolute Gasteiger partial charge is 0.361 e. The molecule has 0 fully saturated rings. The number of fused-ring (bicyclic) bond motifs is 1. The smallest absolute Gasteiger partial charge is 0.195 e. The number of hydrogen-bond donors (Lipinski definition) is 1. The lowest BCUT2D eigenvalue weighted by molar-refractivity contribution is 0.479. The van der Waals surface area contributed by atoms with Crippen molar-refractivity contribution in [1.82, 2.24) is 14.8 Å². The Morgan fingerprint density at radius 2 is 1.77 bits per heavy atom. The molecule has 0 spiro atoms. The van der Waals surface area contributed by atoms with Gasteiger partial charge in [-0.05, 0) is 24.0 Å². The van der Waals surface area contributed by atoms with Gasteiger partial charge in [0.05, 0.1) is 0 Å². The van der Waals surface area contributed by atoms with Crippen LogP contribution in [0.3, 0.4) is 0 Å². The van der Waals surface area contributed by atoms with Crippen LogP contribution in [0, 0.1) is 0 Å². The van der Waals surface area contributed by atoms with E-state index in [1.165, 1.54) is 22.0 Å². The van der Waals surface area contributed by atoms with Gasteiger partial charge in [-0.15, -0.1) is 24.0 Å². The summed E-state index contributed by atoms with van der Waals surface area (Å²) in [7, 11) is 8.10. The second kappa shape index (κ2) is 8.41. The molecule has 122 valence electrons. The molecule has 0 atom stereocenters. The average Bonchev–Trinajstić information content (AvgIpc) is 2.85. The molecule has 5 heteroatoms.